The molecule has 1 saturated heterocycles. The number of ether oxygens (including phenoxy) is 1. The van der Waals surface area contributed by atoms with Gasteiger partial charge in [-0.25, -0.2) is 0 Å². The molecule has 2 aliphatic rings. The highest BCUT2D eigenvalue weighted by molar-refractivity contribution is 7.17. The van der Waals surface area contributed by atoms with Crippen molar-refractivity contribution in [1.29, 1.82) is 0 Å². The first-order valence-electron chi connectivity index (χ1n) is 11.3. The first kappa shape index (κ1) is 21.2. The Labute approximate surface area is 191 Å². The predicted octanol–water partition coefficient (Wildman–Crippen LogP) is 4.69. The Morgan fingerprint density at radius 3 is 2.88 bits per heavy atom. The Hall–Kier alpha value is -2.64. The molecule has 1 unspecified atom stereocenters. The van der Waals surface area contributed by atoms with Gasteiger partial charge < -0.3 is 19.8 Å². The third kappa shape index (κ3) is 4.07. The zero-order valence-corrected chi connectivity index (χ0v) is 19.3. The molecule has 5 rings (SSSR count). The van der Waals surface area contributed by atoms with Crippen molar-refractivity contribution < 1.29 is 18.7 Å². The molecular formula is C25H28N2O4S. The van der Waals surface area contributed by atoms with Crippen molar-refractivity contribution in [2.24, 2.45) is 0 Å². The molecule has 1 aromatic carbocycles. The van der Waals surface area contributed by atoms with Crippen LogP contribution in [0.1, 0.15) is 56.8 Å². The van der Waals surface area contributed by atoms with Gasteiger partial charge in [0, 0.05) is 29.0 Å². The molecule has 2 amide bonds. The summed E-state index contributed by atoms with van der Waals surface area (Å²) in [7, 11) is 0. The summed E-state index contributed by atoms with van der Waals surface area (Å²) in [5, 5.41) is 7.71. The van der Waals surface area contributed by atoms with Crippen LogP contribution in [0.25, 0.3) is 11.0 Å². The van der Waals surface area contributed by atoms with Crippen molar-refractivity contribution in [3.05, 3.63) is 51.1 Å². The maximum Gasteiger partial charge on any atom is 0.254 e. The van der Waals surface area contributed by atoms with Gasteiger partial charge in [-0.15, -0.1) is 11.3 Å². The Bertz CT molecular complexity index is 1190. The molecule has 0 saturated carbocycles. The number of fused-ring (bicyclic) bond motifs is 2. The smallest absolute Gasteiger partial charge is 0.254 e. The fourth-order valence-corrected chi connectivity index (χ4v) is 6.24. The second-order valence-corrected chi connectivity index (χ2v) is 9.95. The van der Waals surface area contributed by atoms with Crippen LogP contribution in [0.15, 0.2) is 22.8 Å². The molecule has 32 heavy (non-hydrogen) atoms. The van der Waals surface area contributed by atoms with Gasteiger partial charge in [0.15, 0.2) is 0 Å². The van der Waals surface area contributed by atoms with Gasteiger partial charge in [-0.1, -0.05) is 6.07 Å². The normalized spacial score (nSPS) is 17.6. The van der Waals surface area contributed by atoms with Crippen molar-refractivity contribution in [3.8, 4) is 0 Å². The molecule has 2 aromatic heterocycles. The summed E-state index contributed by atoms with van der Waals surface area (Å²) in [4.78, 5) is 27.3. The van der Waals surface area contributed by atoms with Crippen LogP contribution in [-0.4, -0.2) is 31.1 Å². The van der Waals surface area contributed by atoms with Crippen LogP contribution >= 0.6 is 11.3 Å². The molecule has 0 spiro atoms. The molecule has 3 heterocycles. The van der Waals surface area contributed by atoms with Gasteiger partial charge in [-0.3, -0.25) is 9.59 Å². The number of carbonyl (C=O) groups is 2. The van der Waals surface area contributed by atoms with Gasteiger partial charge in [0.1, 0.15) is 10.6 Å². The summed E-state index contributed by atoms with van der Waals surface area (Å²) in [6, 6.07) is 4.09. The monoisotopic (exact) mass is 452 g/mol. The molecule has 1 aliphatic carbocycles. The maximum absolute atomic E-state index is 13.1. The van der Waals surface area contributed by atoms with E-state index in [-0.39, 0.29) is 24.3 Å². The highest BCUT2D eigenvalue weighted by atomic mass is 32.1. The van der Waals surface area contributed by atoms with E-state index in [0.29, 0.717) is 17.1 Å². The number of anilines is 1. The molecule has 1 atom stereocenters. The fraction of sp³-hybridized carbons (Fsp3) is 0.440. The van der Waals surface area contributed by atoms with E-state index in [0.717, 1.165) is 71.9 Å². The average Bonchev–Trinajstić information content (AvgIpc) is 3.50. The van der Waals surface area contributed by atoms with E-state index >= 15 is 0 Å². The van der Waals surface area contributed by atoms with Crippen molar-refractivity contribution in [1.82, 2.24) is 5.32 Å². The van der Waals surface area contributed by atoms with Crippen molar-refractivity contribution >= 4 is 39.1 Å². The van der Waals surface area contributed by atoms with Gasteiger partial charge in [0.25, 0.3) is 5.91 Å². The van der Waals surface area contributed by atoms with Gasteiger partial charge in [0.05, 0.1) is 24.4 Å². The van der Waals surface area contributed by atoms with Gasteiger partial charge in [-0.2, -0.15) is 0 Å². The number of rotatable bonds is 6. The fourth-order valence-electron chi connectivity index (χ4n) is 4.93. The zero-order valence-electron chi connectivity index (χ0n) is 18.5. The molecule has 0 radical (unpaired) electrons. The molecule has 1 aliphatic heterocycles. The third-order valence-corrected chi connectivity index (χ3v) is 7.57. The minimum absolute atomic E-state index is 0.0879. The number of thiophene rings is 1. The van der Waals surface area contributed by atoms with Crippen LogP contribution in [0.4, 0.5) is 5.00 Å². The second kappa shape index (κ2) is 8.71. The summed E-state index contributed by atoms with van der Waals surface area (Å²) in [5.41, 5.74) is 5.62. The van der Waals surface area contributed by atoms with E-state index in [1.165, 1.54) is 16.2 Å². The van der Waals surface area contributed by atoms with Crippen LogP contribution < -0.4 is 10.6 Å². The summed E-state index contributed by atoms with van der Waals surface area (Å²) in [6.07, 6.45) is 6.88. The van der Waals surface area contributed by atoms with Crippen LogP contribution in [0.5, 0.6) is 0 Å². The van der Waals surface area contributed by atoms with Crippen LogP contribution in [0, 0.1) is 13.8 Å². The van der Waals surface area contributed by atoms with E-state index in [2.05, 4.69) is 16.7 Å². The van der Waals surface area contributed by atoms with E-state index in [1.54, 1.807) is 6.26 Å². The Balaban J connectivity index is 1.34. The van der Waals surface area contributed by atoms with Crippen molar-refractivity contribution in [2.45, 2.75) is 58.5 Å². The molecule has 3 aromatic rings. The van der Waals surface area contributed by atoms with Gasteiger partial charge in [-0.05, 0) is 68.7 Å². The SMILES string of the molecule is Cc1cc(C)c2c(CC(=O)Nc3sc4c(c3C(=O)NCC3CCCO3)CCC4)coc2c1. The number of nitrogens with one attached hydrogen (secondary N) is 2. The number of furan rings is 1. The average molecular weight is 453 g/mol. The lowest BCUT2D eigenvalue weighted by Gasteiger charge is -2.12. The predicted molar refractivity (Wildman–Crippen MR) is 126 cm³/mol. The lowest BCUT2D eigenvalue weighted by molar-refractivity contribution is -0.115. The second-order valence-electron chi connectivity index (χ2n) is 8.85. The van der Waals surface area contributed by atoms with E-state index in [9.17, 15) is 9.59 Å². The minimum Gasteiger partial charge on any atom is -0.464 e. The van der Waals surface area contributed by atoms with Gasteiger partial charge >= 0.3 is 0 Å². The van der Waals surface area contributed by atoms with Crippen molar-refractivity contribution in [3.63, 3.8) is 0 Å². The summed E-state index contributed by atoms with van der Waals surface area (Å²) < 4.78 is 11.3. The van der Waals surface area contributed by atoms with Crippen LogP contribution in [0.3, 0.4) is 0 Å². The van der Waals surface area contributed by atoms with Crippen LogP contribution in [-0.2, 0) is 28.8 Å². The number of benzene rings is 1. The highest BCUT2D eigenvalue weighted by Gasteiger charge is 2.28. The topological polar surface area (TPSA) is 80.6 Å². The first-order valence-corrected chi connectivity index (χ1v) is 12.1. The number of aryl methyl sites for hydroxylation is 3. The van der Waals surface area contributed by atoms with E-state index < -0.39 is 0 Å². The standard InChI is InChI=1S/C25H28N2O4S/c1-14-9-15(2)22-16(13-31-19(22)10-14)11-21(28)27-25-23(18-6-3-7-20(18)32-25)24(29)26-12-17-5-4-8-30-17/h9-10,13,17H,3-8,11-12H2,1-2H3,(H,26,29)(H,27,28). The van der Waals surface area contributed by atoms with Crippen LogP contribution in [0.2, 0.25) is 0 Å². The zero-order chi connectivity index (χ0) is 22.2. The Morgan fingerprint density at radius 2 is 2.06 bits per heavy atom. The first-order chi connectivity index (χ1) is 15.5. The third-order valence-electron chi connectivity index (χ3n) is 6.36. The highest BCUT2D eigenvalue weighted by Crippen LogP contribution is 2.39. The van der Waals surface area contributed by atoms with Crippen molar-refractivity contribution in [2.75, 3.05) is 18.5 Å². The summed E-state index contributed by atoms with van der Waals surface area (Å²) >= 11 is 1.54. The maximum atomic E-state index is 13.1. The lowest BCUT2D eigenvalue weighted by atomic mass is 10.0. The Morgan fingerprint density at radius 1 is 1.19 bits per heavy atom. The largest absolute Gasteiger partial charge is 0.464 e. The molecule has 1 fully saturated rings. The van der Waals surface area contributed by atoms with E-state index in [1.807, 2.05) is 19.9 Å². The molecule has 2 N–H and O–H groups in total. The number of carbonyl (C=O) groups excluding carboxylic acids is 2. The Kier molecular flexibility index (Phi) is 5.78. The molecule has 6 nitrogen and oxygen atoms in total. The van der Waals surface area contributed by atoms with E-state index in [4.69, 9.17) is 9.15 Å². The quantitative estimate of drug-likeness (QED) is 0.569. The molecule has 7 heteroatoms. The van der Waals surface area contributed by atoms with Gasteiger partial charge in [0.2, 0.25) is 5.91 Å². The number of amides is 2. The summed E-state index contributed by atoms with van der Waals surface area (Å²) in [6.45, 7) is 5.34. The molecule has 0 bridgehead atoms. The number of hydrogen-bond acceptors (Lipinski definition) is 5. The minimum atomic E-state index is -0.138. The number of hydrogen-bond donors (Lipinski definition) is 2. The summed E-state index contributed by atoms with van der Waals surface area (Å²) in [5.74, 6) is -0.254. The lowest BCUT2D eigenvalue weighted by Crippen LogP contribution is -2.32. The molecular weight excluding hydrogens is 424 g/mol. The molecule has 168 valence electrons.